The molecule has 3 rings (SSSR count). The molecule has 1 saturated heterocycles. The molecular formula is C22H25N3O6S. The van der Waals surface area contributed by atoms with Crippen LogP contribution in [0.3, 0.4) is 0 Å². The van der Waals surface area contributed by atoms with Crippen molar-refractivity contribution < 1.29 is 27.5 Å². The second-order valence-corrected chi connectivity index (χ2v) is 9.28. The lowest BCUT2D eigenvalue weighted by atomic mass is 10.1. The normalized spacial score (nSPS) is 14.0. The van der Waals surface area contributed by atoms with E-state index in [0.717, 1.165) is 10.6 Å². The van der Waals surface area contributed by atoms with Crippen molar-refractivity contribution in [2.24, 2.45) is 0 Å². The summed E-state index contributed by atoms with van der Waals surface area (Å²) in [4.78, 5) is 39.0. The largest absolute Gasteiger partial charge is 0.378 e. The maximum Gasteiger partial charge on any atom is 0.256 e. The van der Waals surface area contributed by atoms with Gasteiger partial charge in [0.15, 0.2) is 5.78 Å². The first-order chi connectivity index (χ1) is 15.2. The van der Waals surface area contributed by atoms with Gasteiger partial charge in [-0.3, -0.25) is 18.7 Å². The third kappa shape index (κ3) is 5.71. The number of Topliss-reactive ketones (excluding diaryl/α,β-unsaturated/α-hetero) is 1. The first kappa shape index (κ1) is 23.4. The quantitative estimate of drug-likeness (QED) is 0.632. The van der Waals surface area contributed by atoms with Crippen molar-refractivity contribution in [1.82, 2.24) is 4.90 Å². The minimum atomic E-state index is -3.82. The number of hydrogen-bond acceptors (Lipinski definition) is 6. The number of anilines is 2. The first-order valence-electron chi connectivity index (χ1n) is 10.0. The van der Waals surface area contributed by atoms with Crippen molar-refractivity contribution in [3.8, 4) is 0 Å². The summed E-state index contributed by atoms with van der Waals surface area (Å²) in [7, 11) is -3.82. The standard InChI is InChI=1S/C22H25N3O6S/c1-16(26)17-6-5-7-18(14-17)25(32(2,29)30)15-21(27)23-20-9-4-3-8-19(20)22(28)24-10-12-31-13-11-24/h3-9,14H,10-13,15H2,1-2H3,(H,23,27). The number of hydrogen-bond donors (Lipinski definition) is 1. The van der Waals surface area contributed by atoms with Gasteiger partial charge < -0.3 is 15.0 Å². The summed E-state index contributed by atoms with van der Waals surface area (Å²) < 4.78 is 30.9. The third-order valence-electron chi connectivity index (χ3n) is 4.96. The Kier molecular flexibility index (Phi) is 7.26. The van der Waals surface area contributed by atoms with E-state index in [1.807, 2.05) is 0 Å². The predicted molar refractivity (Wildman–Crippen MR) is 120 cm³/mol. The molecule has 0 unspecified atom stereocenters. The number of benzene rings is 2. The number of nitrogens with one attached hydrogen (secondary N) is 1. The summed E-state index contributed by atoms with van der Waals surface area (Å²) in [6, 6.07) is 12.6. The van der Waals surface area contributed by atoms with E-state index in [1.165, 1.54) is 19.1 Å². The molecule has 0 atom stereocenters. The highest BCUT2D eigenvalue weighted by Crippen LogP contribution is 2.21. The molecule has 0 radical (unpaired) electrons. The average Bonchev–Trinajstić information content (AvgIpc) is 2.77. The number of carbonyl (C=O) groups excluding carboxylic acids is 3. The zero-order chi connectivity index (χ0) is 23.3. The molecule has 1 fully saturated rings. The molecule has 2 aromatic rings. The smallest absolute Gasteiger partial charge is 0.256 e. The predicted octanol–water partition coefficient (Wildman–Crippen LogP) is 1.77. The van der Waals surface area contributed by atoms with E-state index in [0.29, 0.717) is 43.1 Å². The maximum absolute atomic E-state index is 12.9. The highest BCUT2D eigenvalue weighted by atomic mass is 32.2. The fourth-order valence-electron chi connectivity index (χ4n) is 3.32. The second-order valence-electron chi connectivity index (χ2n) is 7.37. The topological polar surface area (TPSA) is 113 Å². The zero-order valence-electron chi connectivity index (χ0n) is 17.9. The van der Waals surface area contributed by atoms with Gasteiger partial charge in [0.25, 0.3) is 5.91 Å². The molecule has 0 aromatic heterocycles. The van der Waals surface area contributed by atoms with Crippen LogP contribution in [0.1, 0.15) is 27.6 Å². The van der Waals surface area contributed by atoms with E-state index in [-0.39, 0.29) is 17.4 Å². The molecular weight excluding hydrogens is 434 g/mol. The Morgan fingerprint density at radius 3 is 2.41 bits per heavy atom. The number of morpholine rings is 1. The van der Waals surface area contributed by atoms with Crippen molar-refractivity contribution in [2.45, 2.75) is 6.92 Å². The molecule has 9 nitrogen and oxygen atoms in total. The van der Waals surface area contributed by atoms with E-state index in [4.69, 9.17) is 4.74 Å². The van der Waals surface area contributed by atoms with Gasteiger partial charge in [0.2, 0.25) is 15.9 Å². The number of rotatable bonds is 7. The zero-order valence-corrected chi connectivity index (χ0v) is 18.7. The van der Waals surface area contributed by atoms with Crippen LogP contribution in [-0.4, -0.2) is 70.0 Å². The highest BCUT2D eigenvalue weighted by molar-refractivity contribution is 7.92. The Hall–Kier alpha value is -3.24. The molecule has 1 N–H and O–H groups in total. The number of carbonyl (C=O) groups is 3. The monoisotopic (exact) mass is 459 g/mol. The highest BCUT2D eigenvalue weighted by Gasteiger charge is 2.24. The van der Waals surface area contributed by atoms with E-state index in [1.54, 1.807) is 41.3 Å². The summed E-state index contributed by atoms with van der Waals surface area (Å²) in [5.41, 5.74) is 1.14. The molecule has 32 heavy (non-hydrogen) atoms. The van der Waals surface area contributed by atoms with E-state index >= 15 is 0 Å². The molecule has 0 aliphatic carbocycles. The molecule has 1 heterocycles. The van der Waals surface area contributed by atoms with Crippen LogP contribution in [0.4, 0.5) is 11.4 Å². The Morgan fingerprint density at radius 1 is 1.06 bits per heavy atom. The van der Waals surface area contributed by atoms with Crippen LogP contribution < -0.4 is 9.62 Å². The van der Waals surface area contributed by atoms with E-state index < -0.39 is 22.5 Å². The Bertz CT molecular complexity index is 1130. The number of ether oxygens (including phenoxy) is 1. The van der Waals surface area contributed by atoms with Gasteiger partial charge in [-0.1, -0.05) is 24.3 Å². The van der Waals surface area contributed by atoms with Crippen molar-refractivity contribution in [2.75, 3.05) is 48.7 Å². The van der Waals surface area contributed by atoms with Crippen LogP contribution >= 0.6 is 0 Å². The van der Waals surface area contributed by atoms with Gasteiger partial charge in [-0.25, -0.2) is 8.42 Å². The van der Waals surface area contributed by atoms with Crippen LogP contribution in [0.25, 0.3) is 0 Å². The fourth-order valence-corrected chi connectivity index (χ4v) is 4.16. The van der Waals surface area contributed by atoms with Gasteiger partial charge in [-0.2, -0.15) is 0 Å². The van der Waals surface area contributed by atoms with Gasteiger partial charge in [0.05, 0.1) is 36.4 Å². The van der Waals surface area contributed by atoms with Crippen LogP contribution in [0, 0.1) is 0 Å². The van der Waals surface area contributed by atoms with E-state index in [2.05, 4.69) is 5.32 Å². The lowest BCUT2D eigenvalue weighted by molar-refractivity contribution is -0.114. The molecule has 2 amide bonds. The average molecular weight is 460 g/mol. The van der Waals surface area contributed by atoms with Crippen molar-refractivity contribution >= 4 is 39.0 Å². The van der Waals surface area contributed by atoms with Crippen LogP contribution in [0.15, 0.2) is 48.5 Å². The minimum Gasteiger partial charge on any atom is -0.378 e. The van der Waals surface area contributed by atoms with Gasteiger partial charge in [0.1, 0.15) is 6.54 Å². The van der Waals surface area contributed by atoms with Gasteiger partial charge in [-0.15, -0.1) is 0 Å². The van der Waals surface area contributed by atoms with Crippen LogP contribution in [-0.2, 0) is 19.6 Å². The van der Waals surface area contributed by atoms with Crippen LogP contribution in [0.5, 0.6) is 0 Å². The summed E-state index contributed by atoms with van der Waals surface area (Å²) in [5.74, 6) is -1.08. The number of ketones is 1. The molecule has 0 spiro atoms. The molecule has 2 aromatic carbocycles. The number of nitrogens with zero attached hydrogens (tertiary/aromatic N) is 2. The Labute approximate surface area is 187 Å². The SMILES string of the molecule is CC(=O)c1cccc(N(CC(=O)Nc2ccccc2C(=O)N2CCOCC2)S(C)(=O)=O)c1. The number of para-hydroxylation sites is 1. The van der Waals surface area contributed by atoms with E-state index in [9.17, 15) is 22.8 Å². The third-order valence-corrected chi connectivity index (χ3v) is 6.10. The van der Waals surface area contributed by atoms with Crippen molar-refractivity contribution in [3.63, 3.8) is 0 Å². The minimum absolute atomic E-state index is 0.202. The van der Waals surface area contributed by atoms with Crippen LogP contribution in [0.2, 0.25) is 0 Å². The Morgan fingerprint density at radius 2 is 1.75 bits per heavy atom. The van der Waals surface area contributed by atoms with Gasteiger partial charge in [-0.05, 0) is 31.2 Å². The fraction of sp³-hybridized carbons (Fsp3) is 0.318. The summed E-state index contributed by atoms with van der Waals surface area (Å²) in [6.07, 6.45) is 0.983. The first-order valence-corrected chi connectivity index (χ1v) is 11.9. The second kappa shape index (κ2) is 9.92. The van der Waals surface area contributed by atoms with Gasteiger partial charge >= 0.3 is 0 Å². The molecule has 0 bridgehead atoms. The maximum atomic E-state index is 12.9. The molecule has 1 aliphatic rings. The molecule has 170 valence electrons. The number of amides is 2. The molecule has 10 heteroatoms. The molecule has 0 saturated carbocycles. The summed E-state index contributed by atoms with van der Waals surface area (Å²) in [6.45, 7) is 2.66. The number of sulfonamides is 1. The van der Waals surface area contributed by atoms with Crippen molar-refractivity contribution in [1.29, 1.82) is 0 Å². The lowest BCUT2D eigenvalue weighted by Crippen LogP contribution is -2.41. The van der Waals surface area contributed by atoms with Crippen molar-refractivity contribution in [3.05, 3.63) is 59.7 Å². The lowest BCUT2D eigenvalue weighted by Gasteiger charge is -2.27. The summed E-state index contributed by atoms with van der Waals surface area (Å²) >= 11 is 0. The van der Waals surface area contributed by atoms with Gasteiger partial charge in [0, 0.05) is 18.7 Å². The summed E-state index contributed by atoms with van der Waals surface area (Å²) in [5, 5.41) is 2.65. The Balaban J connectivity index is 1.81. The molecule has 1 aliphatic heterocycles.